The second-order valence-electron chi connectivity index (χ2n) is 4.75. The second kappa shape index (κ2) is 4.89. The van der Waals surface area contributed by atoms with E-state index < -0.39 is 6.09 Å². The lowest BCUT2D eigenvalue weighted by atomic mass is 9.98. The van der Waals surface area contributed by atoms with E-state index in [4.69, 9.17) is 9.47 Å². The van der Waals surface area contributed by atoms with Crippen LogP contribution < -0.4 is 14.8 Å². The van der Waals surface area contributed by atoms with Crippen molar-refractivity contribution in [3.8, 4) is 22.6 Å². The van der Waals surface area contributed by atoms with E-state index >= 15 is 0 Å². The normalized spacial score (nSPS) is 13.2. The van der Waals surface area contributed by atoms with Gasteiger partial charge in [-0.05, 0) is 41.8 Å². The number of rotatable bonds is 2. The maximum absolute atomic E-state index is 11.3. The molecule has 1 heterocycles. The molecule has 0 atom stereocenters. The Bertz CT molecular complexity index is 679. The van der Waals surface area contributed by atoms with Crippen LogP contribution in [0.15, 0.2) is 36.4 Å². The summed E-state index contributed by atoms with van der Waals surface area (Å²) >= 11 is 0. The first kappa shape index (κ1) is 12.5. The second-order valence-corrected chi connectivity index (χ2v) is 4.75. The predicted octanol–water partition coefficient (Wildman–Crippen LogP) is 3.27. The Kier molecular flexibility index (Phi) is 3.06. The van der Waals surface area contributed by atoms with Gasteiger partial charge in [0.15, 0.2) is 0 Å². The zero-order chi connectivity index (χ0) is 14.1. The molecule has 1 N–H and O–H groups in total. The van der Waals surface area contributed by atoms with Gasteiger partial charge in [-0.3, -0.25) is 0 Å². The fourth-order valence-electron chi connectivity index (χ4n) is 2.35. The first-order chi connectivity index (χ1) is 9.67. The number of benzene rings is 2. The molecule has 0 aromatic heterocycles. The smallest absolute Gasteiger partial charge is 0.412 e. The topological polar surface area (TPSA) is 47.6 Å². The average Bonchev–Trinajstić information content (AvgIpc) is 2.46. The molecule has 1 aliphatic heterocycles. The van der Waals surface area contributed by atoms with Gasteiger partial charge in [-0.25, -0.2) is 4.79 Å². The van der Waals surface area contributed by atoms with Crippen LogP contribution >= 0.6 is 0 Å². The van der Waals surface area contributed by atoms with E-state index in [1.165, 1.54) is 0 Å². The molecule has 0 radical (unpaired) electrons. The lowest BCUT2D eigenvalue weighted by Gasteiger charge is -2.18. The lowest BCUT2D eigenvalue weighted by molar-refractivity contribution is 0.194. The lowest BCUT2D eigenvalue weighted by Crippen LogP contribution is -2.31. The molecule has 0 bridgehead atoms. The van der Waals surface area contributed by atoms with Gasteiger partial charge in [0, 0.05) is 12.1 Å². The number of fused-ring (bicyclic) bond motifs is 1. The first-order valence-corrected chi connectivity index (χ1v) is 6.41. The van der Waals surface area contributed by atoms with Crippen molar-refractivity contribution in [2.45, 2.75) is 13.5 Å². The molecule has 3 rings (SSSR count). The number of aryl methyl sites for hydroxylation is 1. The van der Waals surface area contributed by atoms with Crippen molar-refractivity contribution >= 4 is 6.09 Å². The Morgan fingerprint density at radius 3 is 2.80 bits per heavy atom. The van der Waals surface area contributed by atoms with Crippen LogP contribution in [0.4, 0.5) is 4.79 Å². The third-order valence-electron chi connectivity index (χ3n) is 3.44. The molecule has 0 aliphatic carbocycles. The fraction of sp³-hybridized carbons (Fsp3) is 0.188. The van der Waals surface area contributed by atoms with E-state index in [2.05, 4.69) is 5.32 Å². The predicted molar refractivity (Wildman–Crippen MR) is 76.0 cm³/mol. The summed E-state index contributed by atoms with van der Waals surface area (Å²) in [6, 6.07) is 11.8. The van der Waals surface area contributed by atoms with Crippen LogP contribution in [0.2, 0.25) is 0 Å². The summed E-state index contributed by atoms with van der Waals surface area (Å²) in [5.41, 5.74) is 4.23. The third kappa shape index (κ3) is 2.20. The van der Waals surface area contributed by atoms with Crippen LogP contribution in [-0.2, 0) is 6.54 Å². The number of amides is 1. The summed E-state index contributed by atoms with van der Waals surface area (Å²) in [4.78, 5) is 11.3. The van der Waals surface area contributed by atoms with Crippen molar-refractivity contribution in [3.05, 3.63) is 47.5 Å². The van der Waals surface area contributed by atoms with Crippen molar-refractivity contribution in [2.75, 3.05) is 7.11 Å². The number of hydrogen-bond donors (Lipinski definition) is 1. The van der Waals surface area contributed by atoms with Gasteiger partial charge in [-0.1, -0.05) is 18.2 Å². The van der Waals surface area contributed by atoms with E-state index in [1.54, 1.807) is 7.11 Å². The van der Waals surface area contributed by atoms with Crippen molar-refractivity contribution in [2.24, 2.45) is 0 Å². The number of ether oxygens (including phenoxy) is 2. The first-order valence-electron chi connectivity index (χ1n) is 6.41. The number of hydrogen-bond acceptors (Lipinski definition) is 3. The van der Waals surface area contributed by atoms with Crippen molar-refractivity contribution < 1.29 is 14.3 Å². The minimum Gasteiger partial charge on any atom is -0.497 e. The van der Waals surface area contributed by atoms with Gasteiger partial charge >= 0.3 is 6.09 Å². The summed E-state index contributed by atoms with van der Waals surface area (Å²) in [7, 11) is 1.65. The SMILES string of the molecule is COc1ccc(-c2ccc3c(c2)OC(=O)NC3)c(C)c1. The van der Waals surface area contributed by atoms with Gasteiger partial charge in [0.05, 0.1) is 7.11 Å². The van der Waals surface area contributed by atoms with Crippen LogP contribution in [-0.4, -0.2) is 13.2 Å². The molecule has 20 heavy (non-hydrogen) atoms. The minimum absolute atomic E-state index is 0.402. The van der Waals surface area contributed by atoms with Gasteiger partial charge < -0.3 is 14.8 Å². The van der Waals surface area contributed by atoms with Gasteiger partial charge in [-0.15, -0.1) is 0 Å². The Morgan fingerprint density at radius 1 is 1.20 bits per heavy atom. The Labute approximate surface area is 117 Å². The Morgan fingerprint density at radius 2 is 2.05 bits per heavy atom. The summed E-state index contributed by atoms with van der Waals surface area (Å²) in [5, 5.41) is 2.65. The molecule has 0 saturated heterocycles. The highest BCUT2D eigenvalue weighted by Crippen LogP contribution is 2.32. The molecule has 2 aromatic rings. The molecule has 0 fully saturated rings. The van der Waals surface area contributed by atoms with E-state index in [0.29, 0.717) is 12.3 Å². The zero-order valence-corrected chi connectivity index (χ0v) is 11.4. The zero-order valence-electron chi connectivity index (χ0n) is 11.4. The van der Waals surface area contributed by atoms with Crippen molar-refractivity contribution in [3.63, 3.8) is 0 Å². The molecule has 0 saturated carbocycles. The Hall–Kier alpha value is -2.49. The summed E-state index contributed by atoms with van der Waals surface area (Å²) in [6.07, 6.45) is -0.402. The van der Waals surface area contributed by atoms with Crippen LogP contribution in [0, 0.1) is 6.92 Å². The summed E-state index contributed by atoms with van der Waals surface area (Å²) in [5.74, 6) is 1.46. The van der Waals surface area contributed by atoms with Crippen LogP contribution in [0.5, 0.6) is 11.5 Å². The third-order valence-corrected chi connectivity index (χ3v) is 3.44. The number of methoxy groups -OCH3 is 1. The quantitative estimate of drug-likeness (QED) is 0.910. The number of carbonyl (C=O) groups is 1. The molecule has 0 spiro atoms. The van der Waals surface area contributed by atoms with Gasteiger partial charge in [-0.2, -0.15) is 0 Å². The van der Waals surface area contributed by atoms with Gasteiger partial charge in [0.25, 0.3) is 0 Å². The van der Waals surface area contributed by atoms with Crippen molar-refractivity contribution in [1.29, 1.82) is 0 Å². The summed E-state index contributed by atoms with van der Waals surface area (Å²) in [6.45, 7) is 2.54. The largest absolute Gasteiger partial charge is 0.497 e. The summed E-state index contributed by atoms with van der Waals surface area (Å²) < 4.78 is 10.4. The standard InChI is InChI=1S/C16H15NO3/c1-10-7-13(19-2)5-6-14(10)11-3-4-12-9-17-16(18)20-15(12)8-11/h3-8H,9H2,1-2H3,(H,17,18). The average molecular weight is 269 g/mol. The molecule has 4 nitrogen and oxygen atoms in total. The molecule has 0 unspecified atom stereocenters. The molecule has 1 aliphatic rings. The maximum Gasteiger partial charge on any atom is 0.412 e. The number of nitrogens with one attached hydrogen (secondary N) is 1. The van der Waals surface area contributed by atoms with Crippen LogP contribution in [0.1, 0.15) is 11.1 Å². The van der Waals surface area contributed by atoms with Crippen LogP contribution in [0.25, 0.3) is 11.1 Å². The Balaban J connectivity index is 2.02. The molecule has 2 aromatic carbocycles. The highest BCUT2D eigenvalue weighted by Gasteiger charge is 2.17. The highest BCUT2D eigenvalue weighted by atomic mass is 16.6. The minimum atomic E-state index is -0.402. The fourth-order valence-corrected chi connectivity index (χ4v) is 2.35. The monoisotopic (exact) mass is 269 g/mol. The van der Waals surface area contributed by atoms with Crippen molar-refractivity contribution in [1.82, 2.24) is 5.32 Å². The van der Waals surface area contributed by atoms with E-state index in [-0.39, 0.29) is 0 Å². The maximum atomic E-state index is 11.3. The molecular formula is C16H15NO3. The van der Waals surface area contributed by atoms with Gasteiger partial charge in [0.2, 0.25) is 0 Å². The van der Waals surface area contributed by atoms with Crippen LogP contribution in [0.3, 0.4) is 0 Å². The number of carbonyl (C=O) groups excluding carboxylic acids is 1. The molecule has 4 heteroatoms. The van der Waals surface area contributed by atoms with Gasteiger partial charge in [0.1, 0.15) is 11.5 Å². The van der Waals surface area contributed by atoms with E-state index in [1.807, 2.05) is 43.3 Å². The van der Waals surface area contributed by atoms with E-state index in [0.717, 1.165) is 28.0 Å². The molecule has 102 valence electrons. The van der Waals surface area contributed by atoms with E-state index in [9.17, 15) is 4.79 Å². The molecule has 1 amide bonds. The highest BCUT2D eigenvalue weighted by molar-refractivity contribution is 5.76. The molecular weight excluding hydrogens is 254 g/mol.